The van der Waals surface area contributed by atoms with Crippen molar-refractivity contribution in [1.29, 1.82) is 0 Å². The summed E-state index contributed by atoms with van der Waals surface area (Å²) in [5.41, 5.74) is 0.570. The highest BCUT2D eigenvalue weighted by atomic mass is 35.5. The zero-order valence-corrected chi connectivity index (χ0v) is 12.8. The Hall–Kier alpha value is -1.59. The van der Waals surface area contributed by atoms with Gasteiger partial charge in [0.05, 0.1) is 6.10 Å². The van der Waals surface area contributed by atoms with Gasteiger partial charge in [0.15, 0.2) is 0 Å². The number of aliphatic hydroxyl groups is 1. The summed E-state index contributed by atoms with van der Waals surface area (Å²) in [5, 5.41) is 15.7. The van der Waals surface area contributed by atoms with Crippen molar-refractivity contribution >= 4 is 23.4 Å². The van der Waals surface area contributed by atoms with Crippen molar-refractivity contribution in [2.24, 2.45) is 0 Å². The fraction of sp³-hybridized carbons (Fsp3) is 0.467. The lowest BCUT2D eigenvalue weighted by Gasteiger charge is -2.13. The number of carbonyl (C=O) groups excluding carboxylic acids is 2. The number of amides is 2. The number of nitrogens with one attached hydrogen (secondary N) is 2. The van der Waals surface area contributed by atoms with E-state index in [0.29, 0.717) is 17.1 Å². The van der Waals surface area contributed by atoms with Crippen LogP contribution in [0.1, 0.15) is 37.9 Å². The van der Waals surface area contributed by atoms with Crippen LogP contribution in [0.3, 0.4) is 0 Å². The molecule has 21 heavy (non-hydrogen) atoms. The van der Waals surface area contributed by atoms with E-state index >= 15 is 0 Å². The molecule has 2 amide bonds. The average Bonchev–Trinajstić information content (AvgIpc) is 2.48. The Kier molecular flexibility index (Phi) is 7.79. The number of halogens is 1. The second-order valence-corrected chi connectivity index (χ2v) is 5.10. The first-order valence-corrected chi connectivity index (χ1v) is 7.38. The molecule has 0 heterocycles. The second kappa shape index (κ2) is 9.37. The Morgan fingerprint density at radius 1 is 1.19 bits per heavy atom. The van der Waals surface area contributed by atoms with Crippen molar-refractivity contribution in [3.63, 3.8) is 0 Å². The van der Waals surface area contributed by atoms with Gasteiger partial charge < -0.3 is 15.7 Å². The van der Waals surface area contributed by atoms with Crippen LogP contribution in [0, 0.1) is 0 Å². The van der Waals surface area contributed by atoms with Crippen molar-refractivity contribution in [3.8, 4) is 0 Å². The summed E-state index contributed by atoms with van der Waals surface area (Å²) in [6, 6.07) is 6.92. The zero-order valence-electron chi connectivity index (χ0n) is 12.1. The van der Waals surface area contributed by atoms with E-state index in [1.807, 2.05) is 6.92 Å². The van der Waals surface area contributed by atoms with Crippen LogP contribution in [0.2, 0.25) is 5.02 Å². The molecule has 1 unspecified atom stereocenters. The van der Waals surface area contributed by atoms with Gasteiger partial charge >= 0.3 is 0 Å². The molecule has 1 aromatic rings. The van der Waals surface area contributed by atoms with Gasteiger partial charge in [-0.05, 0) is 12.5 Å². The number of aliphatic hydroxyl groups excluding tert-OH is 1. The van der Waals surface area contributed by atoms with Crippen LogP contribution >= 0.6 is 11.6 Å². The molecule has 0 saturated carbocycles. The van der Waals surface area contributed by atoms with E-state index < -0.39 is 6.10 Å². The SMILES string of the molecule is CCCNC(=O)CCC(=O)NCC(O)c1ccccc1Cl. The van der Waals surface area contributed by atoms with E-state index in [1.165, 1.54) is 0 Å². The van der Waals surface area contributed by atoms with E-state index in [4.69, 9.17) is 11.6 Å². The highest BCUT2D eigenvalue weighted by Crippen LogP contribution is 2.21. The Labute approximate surface area is 129 Å². The first kappa shape index (κ1) is 17.5. The first-order valence-electron chi connectivity index (χ1n) is 7.00. The summed E-state index contributed by atoms with van der Waals surface area (Å²) in [4.78, 5) is 23.0. The Morgan fingerprint density at radius 3 is 2.43 bits per heavy atom. The number of hydrogen-bond donors (Lipinski definition) is 3. The van der Waals surface area contributed by atoms with E-state index in [-0.39, 0.29) is 31.2 Å². The van der Waals surface area contributed by atoms with Crippen LogP contribution in [0.25, 0.3) is 0 Å². The average molecular weight is 313 g/mol. The third kappa shape index (κ3) is 6.60. The molecule has 0 aliphatic rings. The highest BCUT2D eigenvalue weighted by Gasteiger charge is 2.13. The fourth-order valence-corrected chi connectivity index (χ4v) is 2.00. The van der Waals surface area contributed by atoms with Gasteiger partial charge in [-0.15, -0.1) is 0 Å². The lowest BCUT2D eigenvalue weighted by Crippen LogP contribution is -2.30. The molecule has 1 atom stereocenters. The van der Waals surface area contributed by atoms with Crippen LogP contribution in [-0.4, -0.2) is 30.0 Å². The van der Waals surface area contributed by atoms with Gasteiger partial charge in [-0.25, -0.2) is 0 Å². The minimum absolute atomic E-state index is 0.0686. The maximum Gasteiger partial charge on any atom is 0.220 e. The van der Waals surface area contributed by atoms with Crippen LogP contribution in [0.5, 0.6) is 0 Å². The number of hydrogen-bond acceptors (Lipinski definition) is 3. The largest absolute Gasteiger partial charge is 0.387 e. The Morgan fingerprint density at radius 2 is 1.81 bits per heavy atom. The zero-order chi connectivity index (χ0) is 15.7. The predicted molar refractivity (Wildman–Crippen MR) is 82.0 cm³/mol. The molecule has 0 fully saturated rings. The van der Waals surface area contributed by atoms with Crippen LogP contribution in [0.15, 0.2) is 24.3 Å². The summed E-state index contributed by atoms with van der Waals surface area (Å²) in [5.74, 6) is -0.411. The lowest BCUT2D eigenvalue weighted by atomic mass is 10.1. The molecular formula is C15H21ClN2O3. The van der Waals surface area contributed by atoms with Crippen molar-refractivity contribution in [2.45, 2.75) is 32.3 Å². The van der Waals surface area contributed by atoms with Crippen molar-refractivity contribution in [1.82, 2.24) is 10.6 Å². The molecule has 1 aromatic carbocycles. The van der Waals surface area contributed by atoms with Crippen LogP contribution in [0.4, 0.5) is 0 Å². The number of carbonyl (C=O) groups is 2. The van der Waals surface area contributed by atoms with E-state index in [0.717, 1.165) is 6.42 Å². The Bertz CT molecular complexity index is 480. The maximum absolute atomic E-state index is 11.6. The van der Waals surface area contributed by atoms with Gasteiger partial charge in [-0.2, -0.15) is 0 Å². The first-order chi connectivity index (χ1) is 10.0. The summed E-state index contributed by atoms with van der Waals surface area (Å²) >= 11 is 5.96. The number of rotatable bonds is 8. The van der Waals surface area contributed by atoms with Gasteiger partial charge in [0, 0.05) is 36.5 Å². The minimum atomic E-state index is -0.864. The normalized spacial score (nSPS) is 11.8. The lowest BCUT2D eigenvalue weighted by molar-refractivity contribution is -0.126. The molecule has 116 valence electrons. The molecule has 5 nitrogen and oxygen atoms in total. The molecule has 3 N–H and O–H groups in total. The van der Waals surface area contributed by atoms with E-state index in [1.54, 1.807) is 24.3 Å². The quantitative estimate of drug-likeness (QED) is 0.685. The topological polar surface area (TPSA) is 78.4 Å². The molecule has 0 aliphatic heterocycles. The second-order valence-electron chi connectivity index (χ2n) is 4.69. The predicted octanol–water partition coefficient (Wildman–Crippen LogP) is 1.80. The molecule has 0 aliphatic carbocycles. The fourth-order valence-electron chi connectivity index (χ4n) is 1.73. The van der Waals surface area contributed by atoms with Gasteiger partial charge in [0.2, 0.25) is 11.8 Å². The molecule has 0 bridgehead atoms. The van der Waals surface area contributed by atoms with Crippen molar-refractivity contribution < 1.29 is 14.7 Å². The maximum atomic E-state index is 11.6. The molecular weight excluding hydrogens is 292 g/mol. The summed E-state index contributed by atoms with van der Waals surface area (Å²) in [7, 11) is 0. The van der Waals surface area contributed by atoms with Gasteiger partial charge in [-0.3, -0.25) is 9.59 Å². The van der Waals surface area contributed by atoms with Crippen molar-refractivity contribution in [2.75, 3.05) is 13.1 Å². The third-order valence-electron chi connectivity index (χ3n) is 2.91. The highest BCUT2D eigenvalue weighted by molar-refractivity contribution is 6.31. The van der Waals surface area contributed by atoms with Crippen LogP contribution in [-0.2, 0) is 9.59 Å². The monoisotopic (exact) mass is 312 g/mol. The molecule has 0 spiro atoms. The molecule has 0 aromatic heterocycles. The summed E-state index contributed by atoms with van der Waals surface area (Å²) in [6.07, 6.45) is 0.248. The summed E-state index contributed by atoms with van der Waals surface area (Å²) < 4.78 is 0. The third-order valence-corrected chi connectivity index (χ3v) is 3.25. The standard InChI is InChI=1S/C15H21ClN2O3/c1-2-9-17-14(20)7-8-15(21)18-10-13(19)11-5-3-4-6-12(11)16/h3-6,13,19H,2,7-10H2,1H3,(H,17,20)(H,18,21). The Balaban J connectivity index is 2.30. The smallest absolute Gasteiger partial charge is 0.220 e. The molecule has 0 radical (unpaired) electrons. The van der Waals surface area contributed by atoms with Gasteiger partial charge in [0.25, 0.3) is 0 Å². The van der Waals surface area contributed by atoms with Crippen LogP contribution < -0.4 is 10.6 Å². The van der Waals surface area contributed by atoms with E-state index in [2.05, 4.69) is 10.6 Å². The van der Waals surface area contributed by atoms with Gasteiger partial charge in [-0.1, -0.05) is 36.7 Å². The van der Waals surface area contributed by atoms with Gasteiger partial charge in [0.1, 0.15) is 0 Å². The minimum Gasteiger partial charge on any atom is -0.387 e. The summed E-state index contributed by atoms with van der Waals surface area (Å²) in [6.45, 7) is 2.65. The van der Waals surface area contributed by atoms with Crippen molar-refractivity contribution in [3.05, 3.63) is 34.9 Å². The number of benzene rings is 1. The molecule has 1 rings (SSSR count). The molecule has 6 heteroatoms. The molecule has 0 saturated heterocycles. The van der Waals surface area contributed by atoms with E-state index in [9.17, 15) is 14.7 Å².